The number of methoxy groups -OCH3 is 1. The van der Waals surface area contributed by atoms with Crippen molar-refractivity contribution in [3.8, 4) is 11.8 Å². The summed E-state index contributed by atoms with van der Waals surface area (Å²) in [6.07, 6.45) is 0.239. The minimum atomic E-state index is 0.239. The maximum atomic E-state index is 5.10. The van der Waals surface area contributed by atoms with Gasteiger partial charge in [0.25, 0.3) is 0 Å². The van der Waals surface area contributed by atoms with Crippen molar-refractivity contribution in [2.75, 3.05) is 20.2 Å². The molecule has 0 radical (unpaired) electrons. The van der Waals surface area contributed by atoms with E-state index >= 15 is 0 Å². The Morgan fingerprint density at radius 3 is 2.73 bits per heavy atom. The van der Waals surface area contributed by atoms with Crippen molar-refractivity contribution < 1.29 is 4.74 Å². The third-order valence-electron chi connectivity index (χ3n) is 2.05. The molecule has 2 heteroatoms. The molecule has 1 aromatic carbocycles. The van der Waals surface area contributed by atoms with Crippen molar-refractivity contribution in [1.82, 2.24) is 5.32 Å². The van der Waals surface area contributed by atoms with Crippen molar-refractivity contribution in [2.24, 2.45) is 0 Å². The van der Waals surface area contributed by atoms with Crippen molar-refractivity contribution in [2.45, 2.75) is 13.0 Å². The van der Waals surface area contributed by atoms with Gasteiger partial charge in [-0.05, 0) is 19.1 Å². The summed E-state index contributed by atoms with van der Waals surface area (Å²) in [7, 11) is 1.71. The van der Waals surface area contributed by atoms with E-state index in [0.29, 0.717) is 6.54 Å². The number of hydrogen-bond donors (Lipinski definition) is 1. The molecule has 0 saturated heterocycles. The van der Waals surface area contributed by atoms with Gasteiger partial charge in [0.1, 0.15) is 0 Å². The van der Waals surface area contributed by atoms with E-state index in [1.165, 1.54) is 0 Å². The predicted octanol–water partition coefficient (Wildman–Crippen LogP) is 1.66. The van der Waals surface area contributed by atoms with Gasteiger partial charge in [-0.3, -0.25) is 0 Å². The fraction of sp³-hybridized carbons (Fsp3) is 0.385. The Morgan fingerprint density at radius 1 is 1.33 bits per heavy atom. The number of nitrogens with one attached hydrogen (secondary N) is 1. The second-order valence-corrected chi connectivity index (χ2v) is 3.35. The van der Waals surface area contributed by atoms with Crippen LogP contribution in [0, 0.1) is 11.8 Å². The molecular weight excluding hydrogens is 186 g/mol. The van der Waals surface area contributed by atoms with Crippen molar-refractivity contribution in [3.63, 3.8) is 0 Å². The van der Waals surface area contributed by atoms with E-state index in [9.17, 15) is 0 Å². The quantitative estimate of drug-likeness (QED) is 0.593. The molecule has 1 aromatic rings. The number of rotatable bonds is 4. The molecule has 0 heterocycles. The van der Waals surface area contributed by atoms with E-state index in [4.69, 9.17) is 4.74 Å². The van der Waals surface area contributed by atoms with Gasteiger partial charge in [-0.25, -0.2) is 0 Å². The largest absolute Gasteiger partial charge is 0.380 e. The molecule has 0 aliphatic rings. The lowest BCUT2D eigenvalue weighted by atomic mass is 10.2. The van der Waals surface area contributed by atoms with Gasteiger partial charge in [0.15, 0.2) is 0 Å². The Bertz CT molecular complexity index is 323. The molecule has 15 heavy (non-hydrogen) atoms. The topological polar surface area (TPSA) is 21.3 Å². The Labute approximate surface area is 91.6 Å². The second kappa shape index (κ2) is 7.05. The monoisotopic (exact) mass is 203 g/mol. The summed E-state index contributed by atoms with van der Waals surface area (Å²) >= 11 is 0. The van der Waals surface area contributed by atoms with Crippen LogP contribution in [0.3, 0.4) is 0 Å². The smallest absolute Gasteiger partial charge is 0.0667 e. The molecule has 0 bridgehead atoms. The van der Waals surface area contributed by atoms with Crippen molar-refractivity contribution in [3.05, 3.63) is 35.9 Å². The van der Waals surface area contributed by atoms with Gasteiger partial charge in [-0.1, -0.05) is 30.0 Å². The molecule has 0 spiro atoms. The zero-order valence-electron chi connectivity index (χ0n) is 9.29. The van der Waals surface area contributed by atoms with Crippen LogP contribution in [0.15, 0.2) is 30.3 Å². The standard InChI is InChI=1S/C13H17NO/c1-12(15-2)11-14-10-6-9-13-7-4-3-5-8-13/h3-5,7-8,12,14H,10-11H2,1-2H3. The minimum absolute atomic E-state index is 0.239. The summed E-state index contributed by atoms with van der Waals surface area (Å²) in [5, 5.41) is 3.21. The maximum Gasteiger partial charge on any atom is 0.0667 e. The van der Waals surface area contributed by atoms with Crippen molar-refractivity contribution >= 4 is 0 Å². The van der Waals surface area contributed by atoms with E-state index in [-0.39, 0.29) is 6.10 Å². The summed E-state index contributed by atoms with van der Waals surface area (Å²) in [6, 6.07) is 9.98. The van der Waals surface area contributed by atoms with Crippen LogP contribution in [0.25, 0.3) is 0 Å². The van der Waals surface area contributed by atoms with Crippen LogP contribution in [0.4, 0.5) is 0 Å². The molecule has 0 fully saturated rings. The number of benzene rings is 1. The Morgan fingerprint density at radius 2 is 2.07 bits per heavy atom. The lowest BCUT2D eigenvalue weighted by Gasteiger charge is -2.07. The summed E-state index contributed by atoms with van der Waals surface area (Å²) in [5.41, 5.74) is 1.05. The molecule has 0 aliphatic heterocycles. The van der Waals surface area contributed by atoms with Crippen LogP contribution >= 0.6 is 0 Å². The highest BCUT2D eigenvalue weighted by Crippen LogP contribution is 1.94. The molecule has 0 aliphatic carbocycles. The zero-order chi connectivity index (χ0) is 10.9. The van der Waals surface area contributed by atoms with E-state index in [1.807, 2.05) is 37.3 Å². The third kappa shape index (κ3) is 5.21. The highest BCUT2D eigenvalue weighted by Gasteiger charge is 1.94. The lowest BCUT2D eigenvalue weighted by Crippen LogP contribution is -2.26. The van der Waals surface area contributed by atoms with E-state index in [1.54, 1.807) is 7.11 Å². The van der Waals surface area contributed by atoms with Crippen LogP contribution < -0.4 is 5.32 Å². The lowest BCUT2D eigenvalue weighted by molar-refractivity contribution is 0.118. The first-order chi connectivity index (χ1) is 7.33. The molecule has 1 rings (SSSR count). The molecule has 0 saturated carbocycles. The third-order valence-corrected chi connectivity index (χ3v) is 2.05. The van der Waals surface area contributed by atoms with Crippen LogP contribution in [0.1, 0.15) is 12.5 Å². The Balaban J connectivity index is 2.23. The minimum Gasteiger partial charge on any atom is -0.380 e. The molecule has 80 valence electrons. The SMILES string of the molecule is COC(C)CNCC#Cc1ccccc1. The summed E-state index contributed by atoms with van der Waals surface area (Å²) in [4.78, 5) is 0. The van der Waals surface area contributed by atoms with Crippen LogP contribution in [-0.2, 0) is 4.74 Å². The van der Waals surface area contributed by atoms with Gasteiger partial charge in [-0.2, -0.15) is 0 Å². The van der Waals surface area contributed by atoms with Crippen LogP contribution in [-0.4, -0.2) is 26.3 Å². The fourth-order valence-electron chi connectivity index (χ4n) is 1.09. The van der Waals surface area contributed by atoms with Gasteiger partial charge < -0.3 is 10.1 Å². The first-order valence-electron chi connectivity index (χ1n) is 5.10. The summed E-state index contributed by atoms with van der Waals surface area (Å²) in [6.45, 7) is 3.56. The molecule has 1 unspecified atom stereocenters. The maximum absolute atomic E-state index is 5.10. The second-order valence-electron chi connectivity index (χ2n) is 3.35. The predicted molar refractivity (Wildman–Crippen MR) is 62.7 cm³/mol. The molecule has 0 aromatic heterocycles. The molecule has 1 N–H and O–H groups in total. The van der Waals surface area contributed by atoms with Gasteiger partial charge in [-0.15, -0.1) is 0 Å². The Hall–Kier alpha value is -1.30. The van der Waals surface area contributed by atoms with Crippen LogP contribution in [0.2, 0.25) is 0 Å². The number of hydrogen-bond acceptors (Lipinski definition) is 2. The average Bonchev–Trinajstić information content (AvgIpc) is 2.29. The van der Waals surface area contributed by atoms with Gasteiger partial charge in [0.05, 0.1) is 12.6 Å². The average molecular weight is 203 g/mol. The van der Waals surface area contributed by atoms with E-state index < -0.39 is 0 Å². The zero-order valence-corrected chi connectivity index (χ0v) is 9.29. The normalized spacial score (nSPS) is 11.6. The van der Waals surface area contributed by atoms with E-state index in [2.05, 4.69) is 17.2 Å². The highest BCUT2D eigenvalue weighted by atomic mass is 16.5. The van der Waals surface area contributed by atoms with Gasteiger partial charge in [0.2, 0.25) is 0 Å². The molecule has 0 amide bonds. The number of ether oxygens (including phenoxy) is 1. The highest BCUT2D eigenvalue weighted by molar-refractivity contribution is 5.33. The summed E-state index contributed by atoms with van der Waals surface area (Å²) in [5.74, 6) is 6.15. The van der Waals surface area contributed by atoms with Crippen molar-refractivity contribution in [1.29, 1.82) is 0 Å². The Kier molecular flexibility index (Phi) is 5.54. The molecular formula is C13H17NO. The molecule has 2 nitrogen and oxygen atoms in total. The van der Waals surface area contributed by atoms with Crippen LogP contribution in [0.5, 0.6) is 0 Å². The fourth-order valence-corrected chi connectivity index (χ4v) is 1.09. The first kappa shape index (κ1) is 11.8. The van der Waals surface area contributed by atoms with Gasteiger partial charge in [0, 0.05) is 19.2 Å². The van der Waals surface area contributed by atoms with E-state index in [0.717, 1.165) is 12.1 Å². The first-order valence-corrected chi connectivity index (χ1v) is 5.10. The van der Waals surface area contributed by atoms with Gasteiger partial charge >= 0.3 is 0 Å². The molecule has 1 atom stereocenters. The summed E-state index contributed by atoms with van der Waals surface area (Å²) < 4.78 is 5.10.